The molecule has 1 atom stereocenters. The number of nitrogens with zero attached hydrogens (tertiary/aromatic N) is 1. The maximum atomic E-state index is 4.35. The van der Waals surface area contributed by atoms with E-state index in [9.17, 15) is 0 Å². The monoisotopic (exact) mass is 535 g/mol. The second-order valence-electron chi connectivity index (χ2n) is 9.76. The van der Waals surface area contributed by atoms with Crippen molar-refractivity contribution in [3.05, 3.63) is 163 Å². The molecular formula is C38H33NS. The molecule has 1 unspecified atom stereocenters. The molecule has 0 bridgehead atoms. The van der Waals surface area contributed by atoms with Crippen LogP contribution in [0.2, 0.25) is 0 Å². The number of rotatable bonds is 7. The standard InChI is InChI=1S/C38H33NS/c1-5-9-17-28(7-3)29-25-26-34-33(27-29)32-21-16-24-37-38(32)39(34)35-22-14-15-23-36(35)40(37,30(8-4)18-10-6-2)31-19-12-11-13-20-31/h5-27H,3-4H2,1-2H3/b9-5-,10-6-,28-17+,30-18+. The van der Waals surface area contributed by atoms with Gasteiger partial charge in [-0.15, -0.1) is 10.0 Å². The summed E-state index contributed by atoms with van der Waals surface area (Å²) in [6.07, 6.45) is 16.7. The van der Waals surface area contributed by atoms with E-state index in [4.69, 9.17) is 0 Å². The lowest BCUT2D eigenvalue weighted by Gasteiger charge is -2.46. The minimum Gasteiger partial charge on any atom is -0.307 e. The summed E-state index contributed by atoms with van der Waals surface area (Å²) in [6.45, 7) is 12.5. The molecule has 2 heterocycles. The van der Waals surface area contributed by atoms with Crippen molar-refractivity contribution < 1.29 is 0 Å². The third-order valence-electron chi connectivity index (χ3n) is 7.64. The highest BCUT2D eigenvalue weighted by Gasteiger charge is 2.41. The average molecular weight is 536 g/mol. The van der Waals surface area contributed by atoms with Crippen molar-refractivity contribution >= 4 is 37.4 Å². The molecule has 0 saturated carbocycles. The van der Waals surface area contributed by atoms with Crippen LogP contribution in [-0.2, 0) is 0 Å². The third-order valence-corrected chi connectivity index (χ3v) is 11.6. The van der Waals surface area contributed by atoms with Crippen molar-refractivity contribution in [3.8, 4) is 5.69 Å². The Morgan fingerprint density at radius 1 is 0.700 bits per heavy atom. The van der Waals surface area contributed by atoms with E-state index in [1.165, 1.54) is 52.6 Å². The maximum Gasteiger partial charge on any atom is 0.0671 e. The van der Waals surface area contributed by atoms with Gasteiger partial charge in [0.1, 0.15) is 0 Å². The van der Waals surface area contributed by atoms with Crippen LogP contribution in [0.15, 0.2) is 172 Å². The van der Waals surface area contributed by atoms with Gasteiger partial charge in [-0.1, -0.05) is 104 Å². The Labute approximate surface area is 238 Å². The van der Waals surface area contributed by atoms with Gasteiger partial charge in [0, 0.05) is 30.4 Å². The fourth-order valence-electron chi connectivity index (χ4n) is 5.97. The van der Waals surface area contributed by atoms with Gasteiger partial charge in [0.25, 0.3) is 0 Å². The second-order valence-corrected chi connectivity index (χ2v) is 12.8. The van der Waals surface area contributed by atoms with Crippen LogP contribution < -0.4 is 0 Å². The van der Waals surface area contributed by atoms with E-state index >= 15 is 0 Å². The summed E-state index contributed by atoms with van der Waals surface area (Å²) in [4.78, 5) is 5.22. The van der Waals surface area contributed by atoms with Crippen LogP contribution in [0.3, 0.4) is 0 Å². The van der Waals surface area contributed by atoms with Crippen molar-refractivity contribution in [2.75, 3.05) is 0 Å². The normalized spacial score (nSPS) is 18.8. The first kappa shape index (κ1) is 25.7. The summed E-state index contributed by atoms with van der Waals surface area (Å²) in [5.74, 6) is 0. The Kier molecular flexibility index (Phi) is 6.79. The molecule has 0 fully saturated rings. The van der Waals surface area contributed by atoms with E-state index in [1.807, 2.05) is 19.1 Å². The molecule has 0 radical (unpaired) electrons. The van der Waals surface area contributed by atoms with E-state index in [-0.39, 0.29) is 0 Å². The predicted octanol–water partition coefficient (Wildman–Crippen LogP) is 11.2. The van der Waals surface area contributed by atoms with Gasteiger partial charge >= 0.3 is 0 Å². The molecule has 1 aliphatic rings. The Balaban J connectivity index is 1.81. The Morgan fingerprint density at radius 2 is 1.43 bits per heavy atom. The topological polar surface area (TPSA) is 4.93 Å². The van der Waals surface area contributed by atoms with Crippen LogP contribution in [0.25, 0.3) is 33.1 Å². The highest BCUT2D eigenvalue weighted by Crippen LogP contribution is 2.77. The van der Waals surface area contributed by atoms with Crippen LogP contribution >= 0.6 is 10.0 Å². The van der Waals surface area contributed by atoms with E-state index in [0.717, 1.165) is 5.57 Å². The fourth-order valence-corrected chi connectivity index (χ4v) is 10.1. The van der Waals surface area contributed by atoms with Gasteiger partial charge in [0.15, 0.2) is 0 Å². The summed E-state index contributed by atoms with van der Waals surface area (Å²) < 4.78 is 2.48. The average Bonchev–Trinajstić information content (AvgIpc) is 3.34. The lowest BCUT2D eigenvalue weighted by atomic mass is 10.0. The van der Waals surface area contributed by atoms with Crippen molar-refractivity contribution in [2.24, 2.45) is 0 Å². The van der Waals surface area contributed by atoms with Gasteiger partial charge in [-0.2, -0.15) is 0 Å². The summed E-state index contributed by atoms with van der Waals surface area (Å²) in [5, 5.41) is 2.51. The zero-order chi connectivity index (χ0) is 27.7. The number of benzene rings is 4. The van der Waals surface area contributed by atoms with Crippen molar-refractivity contribution in [3.63, 3.8) is 0 Å². The lowest BCUT2D eigenvalue weighted by molar-refractivity contribution is 1.07. The van der Waals surface area contributed by atoms with Gasteiger partial charge in [-0.25, -0.2) is 0 Å². The summed E-state index contributed by atoms with van der Waals surface area (Å²) in [5.41, 5.74) is 6.00. The van der Waals surface area contributed by atoms with Gasteiger partial charge in [0.05, 0.1) is 16.7 Å². The Morgan fingerprint density at radius 3 is 2.17 bits per heavy atom. The van der Waals surface area contributed by atoms with E-state index in [1.54, 1.807) is 0 Å². The number of fused-ring (bicyclic) bond motifs is 5. The maximum absolute atomic E-state index is 4.35. The molecule has 196 valence electrons. The van der Waals surface area contributed by atoms with Gasteiger partial charge in [-0.3, -0.25) is 0 Å². The number of hydrogen-bond donors (Lipinski definition) is 0. The molecule has 0 N–H and O–H groups in total. The van der Waals surface area contributed by atoms with Gasteiger partial charge < -0.3 is 4.57 Å². The molecule has 0 amide bonds. The minimum absolute atomic E-state index is 1.11. The molecule has 0 spiro atoms. The first-order valence-corrected chi connectivity index (χ1v) is 15.3. The molecule has 5 aromatic rings. The van der Waals surface area contributed by atoms with Crippen LogP contribution in [0.1, 0.15) is 19.4 Å². The summed E-state index contributed by atoms with van der Waals surface area (Å²) in [7, 11) is -1.82. The first-order valence-electron chi connectivity index (χ1n) is 13.7. The smallest absolute Gasteiger partial charge is 0.0671 e. The molecule has 1 aliphatic heterocycles. The minimum atomic E-state index is -1.82. The Bertz CT molecular complexity index is 1890. The SMILES string of the molecule is C=C/C(=C\C=C/C)c1ccc2c(c1)c1cccc3c1n2-c1ccccc1S3(/C(C=C)=C/C=C\C)c1ccccc1. The van der Waals surface area contributed by atoms with E-state index in [0.29, 0.717) is 0 Å². The first-order chi connectivity index (χ1) is 19.7. The summed E-state index contributed by atoms with van der Waals surface area (Å²) >= 11 is 0. The molecule has 2 heteroatoms. The molecule has 1 aromatic heterocycles. The fraction of sp³-hybridized carbons (Fsp3) is 0.0526. The van der Waals surface area contributed by atoms with Crippen LogP contribution in [-0.4, -0.2) is 4.57 Å². The van der Waals surface area contributed by atoms with E-state index < -0.39 is 10.0 Å². The van der Waals surface area contributed by atoms with Gasteiger partial charge in [0.2, 0.25) is 0 Å². The summed E-state index contributed by atoms with van der Waals surface area (Å²) in [6, 6.07) is 33.6. The predicted molar refractivity (Wildman–Crippen MR) is 176 cm³/mol. The molecule has 4 aromatic carbocycles. The molecule has 0 aliphatic carbocycles. The Hall–Kier alpha value is -4.53. The third kappa shape index (κ3) is 3.71. The van der Waals surface area contributed by atoms with Crippen molar-refractivity contribution in [1.29, 1.82) is 0 Å². The second kappa shape index (κ2) is 10.6. The zero-order valence-electron chi connectivity index (χ0n) is 23.0. The number of hydrogen-bond acceptors (Lipinski definition) is 0. The van der Waals surface area contributed by atoms with Crippen molar-refractivity contribution in [1.82, 2.24) is 4.57 Å². The van der Waals surface area contributed by atoms with Crippen LogP contribution in [0.4, 0.5) is 0 Å². The molecule has 6 rings (SSSR count). The van der Waals surface area contributed by atoms with E-state index in [2.05, 4.69) is 152 Å². The highest BCUT2D eigenvalue weighted by molar-refractivity contribution is 8.37. The largest absolute Gasteiger partial charge is 0.307 e. The van der Waals surface area contributed by atoms with Gasteiger partial charge in [-0.05, 0) is 73.5 Å². The number of para-hydroxylation sites is 2. The highest BCUT2D eigenvalue weighted by atomic mass is 32.3. The zero-order valence-corrected chi connectivity index (χ0v) is 23.9. The lowest BCUT2D eigenvalue weighted by Crippen LogP contribution is -2.15. The number of aromatic nitrogens is 1. The molecule has 1 nitrogen and oxygen atoms in total. The molecule has 40 heavy (non-hydrogen) atoms. The van der Waals surface area contributed by atoms with Crippen LogP contribution in [0.5, 0.6) is 0 Å². The quantitative estimate of drug-likeness (QED) is 0.183. The number of allylic oxidation sites excluding steroid dienone is 9. The molecule has 0 saturated heterocycles. The van der Waals surface area contributed by atoms with Crippen LogP contribution in [0, 0.1) is 0 Å². The molecular weight excluding hydrogens is 502 g/mol. The van der Waals surface area contributed by atoms with Crippen molar-refractivity contribution in [2.45, 2.75) is 28.5 Å².